The summed E-state index contributed by atoms with van der Waals surface area (Å²) in [7, 11) is 2.00. The lowest BCUT2D eigenvalue weighted by atomic mass is 10.1. The van der Waals surface area contributed by atoms with Crippen molar-refractivity contribution in [3.05, 3.63) is 54.0 Å². The van der Waals surface area contributed by atoms with Gasteiger partial charge in [0.05, 0.1) is 11.8 Å². The summed E-state index contributed by atoms with van der Waals surface area (Å²) < 4.78 is 7.38. The Morgan fingerprint density at radius 1 is 1.14 bits per heavy atom. The number of furan rings is 1. The highest BCUT2D eigenvalue weighted by molar-refractivity contribution is 7.99. The Morgan fingerprint density at radius 2 is 1.95 bits per heavy atom. The van der Waals surface area contributed by atoms with E-state index in [1.54, 1.807) is 18.0 Å². The molecule has 3 rings (SSSR count). The van der Waals surface area contributed by atoms with Gasteiger partial charge in [-0.3, -0.25) is 0 Å². The van der Waals surface area contributed by atoms with Crippen LogP contribution in [0.3, 0.4) is 0 Å². The van der Waals surface area contributed by atoms with Gasteiger partial charge in [-0.2, -0.15) is 0 Å². The Bertz CT molecular complexity index is 733. The molecule has 0 radical (unpaired) electrons. The molecule has 3 aromatic rings. The third-order valence-corrected chi connectivity index (χ3v) is 4.72. The van der Waals surface area contributed by atoms with Gasteiger partial charge in [0.2, 0.25) is 0 Å². The molecule has 0 aliphatic heterocycles. The minimum Gasteiger partial charge on any atom is -0.469 e. The molecular formula is C17H19N3OS. The van der Waals surface area contributed by atoms with Gasteiger partial charge in [-0.05, 0) is 31.4 Å². The molecule has 1 aromatic carbocycles. The number of rotatable bonds is 6. The molecule has 0 fully saturated rings. The molecule has 4 nitrogen and oxygen atoms in total. The van der Waals surface area contributed by atoms with Gasteiger partial charge in [-0.1, -0.05) is 42.1 Å². The van der Waals surface area contributed by atoms with Crippen molar-refractivity contribution >= 4 is 11.8 Å². The Balaban J connectivity index is 1.58. The first-order valence-electron chi connectivity index (χ1n) is 7.36. The summed E-state index contributed by atoms with van der Waals surface area (Å²) in [6.45, 7) is 1.94. The summed E-state index contributed by atoms with van der Waals surface area (Å²) in [4.78, 5) is 0. The molecule has 0 saturated heterocycles. The van der Waals surface area contributed by atoms with E-state index in [4.69, 9.17) is 4.42 Å². The van der Waals surface area contributed by atoms with Crippen LogP contribution in [-0.4, -0.2) is 20.5 Å². The zero-order valence-electron chi connectivity index (χ0n) is 12.8. The predicted molar refractivity (Wildman–Crippen MR) is 88.9 cm³/mol. The van der Waals surface area contributed by atoms with Crippen LogP contribution in [0.1, 0.15) is 17.7 Å². The Morgan fingerprint density at radius 3 is 2.68 bits per heavy atom. The normalized spacial score (nSPS) is 11.0. The number of aromatic nitrogens is 3. The average Bonchev–Trinajstić information content (AvgIpc) is 3.11. The summed E-state index contributed by atoms with van der Waals surface area (Å²) in [5.41, 5.74) is 2.39. The van der Waals surface area contributed by atoms with Crippen molar-refractivity contribution in [1.82, 2.24) is 14.8 Å². The maximum atomic E-state index is 5.34. The van der Waals surface area contributed by atoms with Gasteiger partial charge in [-0.25, -0.2) is 0 Å². The van der Waals surface area contributed by atoms with Crippen molar-refractivity contribution in [2.75, 3.05) is 5.75 Å². The first-order valence-corrected chi connectivity index (χ1v) is 8.35. The third kappa shape index (κ3) is 3.25. The zero-order valence-corrected chi connectivity index (χ0v) is 13.6. The number of benzene rings is 1. The molecule has 0 aliphatic carbocycles. The second-order valence-electron chi connectivity index (χ2n) is 5.19. The minimum atomic E-state index is 0.858. The van der Waals surface area contributed by atoms with Crippen LogP contribution in [0.2, 0.25) is 0 Å². The maximum Gasteiger partial charge on any atom is 0.191 e. The van der Waals surface area contributed by atoms with Crippen molar-refractivity contribution in [2.45, 2.75) is 24.9 Å². The molecule has 0 aliphatic rings. The van der Waals surface area contributed by atoms with Crippen LogP contribution in [0.15, 0.2) is 52.2 Å². The SMILES string of the molecule is Cc1occc1-c1nnc(SCCCc2ccccc2)n1C. The van der Waals surface area contributed by atoms with Crippen LogP contribution >= 0.6 is 11.8 Å². The topological polar surface area (TPSA) is 43.9 Å². The summed E-state index contributed by atoms with van der Waals surface area (Å²) in [6, 6.07) is 12.5. The molecular weight excluding hydrogens is 294 g/mol. The molecule has 22 heavy (non-hydrogen) atoms. The molecule has 2 aromatic heterocycles. The van der Waals surface area contributed by atoms with Crippen LogP contribution in [0.5, 0.6) is 0 Å². The van der Waals surface area contributed by atoms with Gasteiger partial charge in [0, 0.05) is 12.8 Å². The van der Waals surface area contributed by atoms with Crippen LogP contribution in [0.4, 0.5) is 0 Å². The van der Waals surface area contributed by atoms with Crippen molar-refractivity contribution in [1.29, 1.82) is 0 Å². The van der Waals surface area contributed by atoms with E-state index in [9.17, 15) is 0 Å². The predicted octanol–water partition coefficient (Wildman–Crippen LogP) is 4.11. The van der Waals surface area contributed by atoms with Crippen molar-refractivity contribution in [3.63, 3.8) is 0 Å². The molecule has 114 valence electrons. The first kappa shape index (κ1) is 14.9. The highest BCUT2D eigenvalue weighted by Gasteiger charge is 2.14. The molecule has 0 amide bonds. The van der Waals surface area contributed by atoms with Gasteiger partial charge in [0.25, 0.3) is 0 Å². The quantitative estimate of drug-likeness (QED) is 0.507. The number of hydrogen-bond acceptors (Lipinski definition) is 4. The van der Waals surface area contributed by atoms with E-state index in [2.05, 4.69) is 40.5 Å². The molecule has 5 heteroatoms. The summed E-state index contributed by atoms with van der Waals surface area (Å²) >= 11 is 1.75. The van der Waals surface area contributed by atoms with Gasteiger partial charge in [0.1, 0.15) is 5.76 Å². The Kier molecular flexibility index (Phi) is 4.63. The van der Waals surface area contributed by atoms with Gasteiger partial charge >= 0.3 is 0 Å². The smallest absolute Gasteiger partial charge is 0.191 e. The van der Waals surface area contributed by atoms with Gasteiger partial charge in [-0.15, -0.1) is 10.2 Å². The molecule has 2 heterocycles. The highest BCUT2D eigenvalue weighted by atomic mass is 32.2. The second-order valence-corrected chi connectivity index (χ2v) is 6.26. The molecule has 0 N–H and O–H groups in total. The lowest BCUT2D eigenvalue weighted by Gasteiger charge is -2.03. The maximum absolute atomic E-state index is 5.34. The average molecular weight is 313 g/mol. The monoisotopic (exact) mass is 313 g/mol. The van der Waals surface area contributed by atoms with Crippen LogP contribution in [0.25, 0.3) is 11.4 Å². The van der Waals surface area contributed by atoms with Crippen LogP contribution < -0.4 is 0 Å². The summed E-state index contributed by atoms with van der Waals surface area (Å²) in [6.07, 6.45) is 3.91. The van der Waals surface area contributed by atoms with E-state index >= 15 is 0 Å². The Labute approximate surface area is 134 Å². The fraction of sp³-hybridized carbons (Fsp3) is 0.294. The lowest BCUT2D eigenvalue weighted by Crippen LogP contribution is -1.96. The van der Waals surface area contributed by atoms with Crippen molar-refractivity contribution < 1.29 is 4.42 Å². The lowest BCUT2D eigenvalue weighted by molar-refractivity contribution is 0.534. The summed E-state index contributed by atoms with van der Waals surface area (Å²) in [5.74, 6) is 2.76. The number of nitrogens with zero attached hydrogens (tertiary/aromatic N) is 3. The zero-order chi connectivity index (χ0) is 15.4. The minimum absolute atomic E-state index is 0.858. The second kappa shape index (κ2) is 6.83. The first-order chi connectivity index (χ1) is 10.8. The van der Waals surface area contributed by atoms with E-state index < -0.39 is 0 Å². The standard InChI is InChI=1S/C17H19N3OS/c1-13-15(10-11-21-13)16-18-19-17(20(16)2)22-12-6-9-14-7-4-3-5-8-14/h3-5,7-8,10-11H,6,9,12H2,1-2H3. The number of aryl methyl sites for hydroxylation is 2. The molecule has 0 bridgehead atoms. The van der Waals surface area contributed by atoms with E-state index in [1.165, 1.54) is 5.56 Å². The summed E-state index contributed by atoms with van der Waals surface area (Å²) in [5, 5.41) is 9.53. The van der Waals surface area contributed by atoms with Gasteiger partial charge in [0.15, 0.2) is 11.0 Å². The third-order valence-electron chi connectivity index (χ3n) is 3.62. The fourth-order valence-corrected chi connectivity index (χ4v) is 3.23. The Hall–Kier alpha value is -2.01. The van der Waals surface area contributed by atoms with E-state index in [-0.39, 0.29) is 0 Å². The molecule has 0 unspecified atom stereocenters. The van der Waals surface area contributed by atoms with E-state index in [1.807, 2.05) is 24.6 Å². The van der Waals surface area contributed by atoms with E-state index in [0.29, 0.717) is 0 Å². The van der Waals surface area contributed by atoms with Crippen LogP contribution in [-0.2, 0) is 13.5 Å². The number of thioether (sulfide) groups is 1. The van der Waals surface area contributed by atoms with Gasteiger partial charge < -0.3 is 8.98 Å². The van der Waals surface area contributed by atoms with Crippen LogP contribution in [0, 0.1) is 6.92 Å². The van der Waals surface area contributed by atoms with E-state index in [0.717, 1.165) is 40.9 Å². The van der Waals surface area contributed by atoms with Crippen molar-refractivity contribution in [3.8, 4) is 11.4 Å². The molecule has 0 atom stereocenters. The molecule has 0 saturated carbocycles. The highest BCUT2D eigenvalue weighted by Crippen LogP contribution is 2.26. The van der Waals surface area contributed by atoms with Crippen molar-refractivity contribution in [2.24, 2.45) is 7.05 Å². The largest absolute Gasteiger partial charge is 0.469 e. The molecule has 0 spiro atoms. The number of hydrogen-bond donors (Lipinski definition) is 0. The fourth-order valence-electron chi connectivity index (χ4n) is 2.38.